The zero-order valence-electron chi connectivity index (χ0n) is 18.0. The van der Waals surface area contributed by atoms with E-state index in [4.69, 9.17) is 19.9 Å². The fourth-order valence-electron chi connectivity index (χ4n) is 3.36. The van der Waals surface area contributed by atoms with Gasteiger partial charge in [-0.3, -0.25) is 4.68 Å². The van der Waals surface area contributed by atoms with Gasteiger partial charge in [0, 0.05) is 31.5 Å². The van der Waals surface area contributed by atoms with Gasteiger partial charge in [0.2, 0.25) is 5.88 Å². The van der Waals surface area contributed by atoms with Gasteiger partial charge in [0.05, 0.1) is 60.4 Å². The van der Waals surface area contributed by atoms with Crippen LogP contribution in [-0.2, 0) is 18.3 Å². The SMILES string of the molecule is CCOc1ncccc1-c1cc(NCc2cnn(C)c2)c(NC2COC2)c(C(C)=N)n1. The number of aryl methyl sites for hydroxylation is 1. The standard InChI is InChI=1S/C22H27N7O2/c1-4-31-22-17(6-5-7-24-22)18-8-19(25-9-15-10-26-29(3)11-15)21(20(28-18)14(2)23)27-16-12-30-13-16/h5-8,10-11,16,23,27H,4,9,12-13H2,1-3H3,(H,25,28). The minimum atomic E-state index is 0.196. The molecule has 0 aromatic carbocycles. The highest BCUT2D eigenvalue weighted by molar-refractivity contribution is 6.03. The highest BCUT2D eigenvalue weighted by atomic mass is 16.5. The first kappa shape index (κ1) is 20.8. The largest absolute Gasteiger partial charge is 0.477 e. The average Bonchev–Trinajstić information content (AvgIpc) is 3.15. The molecule has 3 aromatic rings. The summed E-state index contributed by atoms with van der Waals surface area (Å²) in [4.78, 5) is 9.17. The van der Waals surface area contributed by atoms with Gasteiger partial charge in [-0.1, -0.05) is 0 Å². The summed E-state index contributed by atoms with van der Waals surface area (Å²) >= 11 is 0. The highest BCUT2D eigenvalue weighted by Crippen LogP contribution is 2.35. The quantitative estimate of drug-likeness (QED) is 0.455. The summed E-state index contributed by atoms with van der Waals surface area (Å²) in [6.45, 7) is 6.04. The normalized spacial score (nSPS) is 13.5. The van der Waals surface area contributed by atoms with Crippen molar-refractivity contribution in [1.29, 1.82) is 5.41 Å². The maximum Gasteiger partial charge on any atom is 0.222 e. The molecule has 0 aliphatic carbocycles. The molecule has 0 atom stereocenters. The molecule has 0 unspecified atom stereocenters. The van der Waals surface area contributed by atoms with Crippen molar-refractivity contribution in [3.8, 4) is 17.1 Å². The number of hydrogen-bond donors (Lipinski definition) is 3. The number of nitrogens with zero attached hydrogens (tertiary/aromatic N) is 4. The molecular weight excluding hydrogens is 394 g/mol. The Hall–Kier alpha value is -3.46. The molecule has 1 aliphatic heterocycles. The summed E-state index contributed by atoms with van der Waals surface area (Å²) < 4.78 is 12.8. The van der Waals surface area contributed by atoms with Crippen LogP contribution in [0.25, 0.3) is 11.3 Å². The Labute approximate surface area is 181 Å². The van der Waals surface area contributed by atoms with Crippen LogP contribution < -0.4 is 15.4 Å². The summed E-state index contributed by atoms with van der Waals surface area (Å²) in [5.41, 5.74) is 5.16. The monoisotopic (exact) mass is 421 g/mol. The molecule has 3 N–H and O–H groups in total. The van der Waals surface area contributed by atoms with Crippen LogP contribution in [-0.4, -0.2) is 51.3 Å². The van der Waals surface area contributed by atoms with Crippen molar-refractivity contribution >= 4 is 17.1 Å². The number of ether oxygens (including phenoxy) is 2. The Kier molecular flexibility index (Phi) is 6.13. The number of hydrogen-bond acceptors (Lipinski definition) is 8. The molecule has 31 heavy (non-hydrogen) atoms. The van der Waals surface area contributed by atoms with Crippen molar-refractivity contribution < 1.29 is 9.47 Å². The van der Waals surface area contributed by atoms with Crippen molar-refractivity contribution in [2.45, 2.75) is 26.4 Å². The van der Waals surface area contributed by atoms with Crippen molar-refractivity contribution in [3.63, 3.8) is 0 Å². The predicted molar refractivity (Wildman–Crippen MR) is 120 cm³/mol. The molecule has 162 valence electrons. The molecule has 0 amide bonds. The van der Waals surface area contributed by atoms with E-state index in [1.807, 2.05) is 44.6 Å². The lowest BCUT2D eigenvalue weighted by molar-refractivity contribution is 0.0211. The van der Waals surface area contributed by atoms with Crippen LogP contribution in [0.5, 0.6) is 5.88 Å². The molecule has 1 aliphatic rings. The molecule has 3 aromatic heterocycles. The number of aromatic nitrogens is 4. The molecule has 0 saturated carbocycles. The van der Waals surface area contributed by atoms with E-state index in [0.717, 1.165) is 22.5 Å². The molecule has 4 heterocycles. The van der Waals surface area contributed by atoms with Crippen LogP contribution >= 0.6 is 0 Å². The van der Waals surface area contributed by atoms with Gasteiger partial charge in [-0.2, -0.15) is 5.10 Å². The first-order chi connectivity index (χ1) is 15.0. The van der Waals surface area contributed by atoms with Gasteiger partial charge in [0.15, 0.2) is 0 Å². The summed E-state index contributed by atoms with van der Waals surface area (Å²) in [7, 11) is 1.89. The third-order valence-electron chi connectivity index (χ3n) is 4.93. The van der Waals surface area contributed by atoms with Crippen molar-refractivity contribution in [1.82, 2.24) is 19.7 Å². The van der Waals surface area contributed by atoms with Gasteiger partial charge in [0.1, 0.15) is 5.69 Å². The second-order valence-electron chi connectivity index (χ2n) is 7.45. The van der Waals surface area contributed by atoms with Crippen LogP contribution in [0.1, 0.15) is 25.1 Å². The summed E-state index contributed by atoms with van der Waals surface area (Å²) in [5, 5.41) is 19.6. The minimum Gasteiger partial charge on any atom is -0.477 e. The third-order valence-corrected chi connectivity index (χ3v) is 4.93. The van der Waals surface area contributed by atoms with Crippen LogP contribution in [0.4, 0.5) is 11.4 Å². The molecule has 1 saturated heterocycles. The van der Waals surface area contributed by atoms with Gasteiger partial charge in [-0.25, -0.2) is 9.97 Å². The lowest BCUT2D eigenvalue weighted by Gasteiger charge is -2.30. The molecular formula is C22H27N7O2. The smallest absolute Gasteiger partial charge is 0.222 e. The Morgan fingerprint density at radius 3 is 2.87 bits per heavy atom. The van der Waals surface area contributed by atoms with E-state index in [0.29, 0.717) is 49.3 Å². The van der Waals surface area contributed by atoms with Crippen molar-refractivity contribution in [3.05, 3.63) is 48.0 Å². The lowest BCUT2D eigenvalue weighted by Crippen LogP contribution is -2.40. The zero-order valence-corrected chi connectivity index (χ0v) is 18.0. The molecule has 1 fully saturated rings. The van der Waals surface area contributed by atoms with Crippen molar-refractivity contribution in [2.75, 3.05) is 30.5 Å². The molecule has 0 spiro atoms. The number of anilines is 2. The second kappa shape index (κ2) is 9.13. The maximum absolute atomic E-state index is 8.36. The summed E-state index contributed by atoms with van der Waals surface area (Å²) in [6, 6.07) is 5.96. The minimum absolute atomic E-state index is 0.196. The average molecular weight is 422 g/mol. The van der Waals surface area contributed by atoms with E-state index < -0.39 is 0 Å². The van der Waals surface area contributed by atoms with E-state index in [-0.39, 0.29) is 6.04 Å². The van der Waals surface area contributed by atoms with Crippen molar-refractivity contribution in [2.24, 2.45) is 7.05 Å². The third kappa shape index (κ3) is 4.66. The number of rotatable bonds is 9. The van der Waals surface area contributed by atoms with Gasteiger partial charge >= 0.3 is 0 Å². The Bertz CT molecular complexity index is 1080. The fourth-order valence-corrected chi connectivity index (χ4v) is 3.36. The first-order valence-electron chi connectivity index (χ1n) is 10.3. The van der Waals surface area contributed by atoms with E-state index in [1.165, 1.54) is 0 Å². The lowest BCUT2D eigenvalue weighted by atomic mass is 10.1. The second-order valence-corrected chi connectivity index (χ2v) is 7.45. The van der Waals surface area contributed by atoms with E-state index in [2.05, 4.69) is 20.7 Å². The zero-order chi connectivity index (χ0) is 21.8. The molecule has 9 heteroatoms. The van der Waals surface area contributed by atoms with Gasteiger partial charge in [-0.05, 0) is 32.0 Å². The van der Waals surface area contributed by atoms with Crippen LogP contribution in [0.2, 0.25) is 0 Å². The Morgan fingerprint density at radius 2 is 2.23 bits per heavy atom. The van der Waals surface area contributed by atoms with Crippen LogP contribution in [0.3, 0.4) is 0 Å². The summed E-state index contributed by atoms with van der Waals surface area (Å²) in [5.74, 6) is 0.525. The first-order valence-corrected chi connectivity index (χ1v) is 10.3. The Balaban J connectivity index is 1.77. The summed E-state index contributed by atoms with van der Waals surface area (Å²) in [6.07, 6.45) is 5.50. The molecule has 0 bridgehead atoms. The van der Waals surface area contributed by atoms with Gasteiger partial charge in [-0.15, -0.1) is 0 Å². The van der Waals surface area contributed by atoms with E-state index >= 15 is 0 Å². The maximum atomic E-state index is 8.36. The van der Waals surface area contributed by atoms with Crippen LogP contribution in [0.15, 0.2) is 36.8 Å². The van der Waals surface area contributed by atoms with E-state index in [9.17, 15) is 0 Å². The highest BCUT2D eigenvalue weighted by Gasteiger charge is 2.24. The molecule has 0 radical (unpaired) electrons. The topological polar surface area (TPSA) is 110 Å². The van der Waals surface area contributed by atoms with E-state index in [1.54, 1.807) is 17.8 Å². The number of nitrogens with one attached hydrogen (secondary N) is 3. The molecule has 4 rings (SSSR count). The number of pyridine rings is 2. The molecule has 9 nitrogen and oxygen atoms in total. The Morgan fingerprint density at radius 1 is 1.39 bits per heavy atom. The predicted octanol–water partition coefficient (Wildman–Crippen LogP) is 3.09. The van der Waals surface area contributed by atoms with Gasteiger partial charge in [0.25, 0.3) is 0 Å². The van der Waals surface area contributed by atoms with Gasteiger partial charge < -0.3 is 25.5 Å². The van der Waals surface area contributed by atoms with Crippen LogP contribution in [0, 0.1) is 5.41 Å². The fraction of sp³-hybridized carbons (Fsp3) is 0.364.